The molecular formula is C9H21BLi. The molecule has 1 radical (unpaired) electrons. The summed E-state index contributed by atoms with van der Waals surface area (Å²) in [5, 5.41) is 0. The van der Waals surface area contributed by atoms with Crippen molar-refractivity contribution in [1.82, 2.24) is 0 Å². The van der Waals surface area contributed by atoms with Crippen LogP contribution in [0.1, 0.15) is 40.0 Å². The Balaban J connectivity index is 0. The summed E-state index contributed by atoms with van der Waals surface area (Å²) in [5.74, 6) is 0. The predicted octanol–water partition coefficient (Wildman–Crippen LogP) is 0.715. The Morgan fingerprint density at radius 3 is 1.18 bits per heavy atom. The van der Waals surface area contributed by atoms with Gasteiger partial charge in [0.05, 0.1) is 0 Å². The van der Waals surface area contributed by atoms with E-state index in [0.717, 1.165) is 6.71 Å². The molecule has 0 aliphatic carbocycles. The first-order valence-corrected chi connectivity index (χ1v) is 4.85. The summed E-state index contributed by atoms with van der Waals surface area (Å²) in [5.41, 5.74) is 0. The van der Waals surface area contributed by atoms with Gasteiger partial charge in [-0.25, -0.2) is 19.0 Å². The zero-order valence-electron chi connectivity index (χ0n) is 8.82. The van der Waals surface area contributed by atoms with Gasteiger partial charge in [-0.2, -0.15) is 0 Å². The molecule has 0 fully saturated rings. The molecule has 0 nitrogen and oxygen atoms in total. The van der Waals surface area contributed by atoms with Crippen LogP contribution in [0.3, 0.4) is 0 Å². The van der Waals surface area contributed by atoms with E-state index in [9.17, 15) is 0 Å². The second kappa shape index (κ2) is 10.7. The molecule has 0 aromatic rings. The van der Waals surface area contributed by atoms with Crippen molar-refractivity contribution in [3.05, 3.63) is 0 Å². The molecule has 0 amide bonds. The van der Waals surface area contributed by atoms with Crippen LogP contribution in [0.4, 0.5) is 0 Å². The van der Waals surface area contributed by atoms with Crippen LogP contribution in [0.25, 0.3) is 0 Å². The number of rotatable bonds is 6. The van der Waals surface area contributed by atoms with Crippen LogP contribution in [0.2, 0.25) is 19.0 Å². The van der Waals surface area contributed by atoms with Gasteiger partial charge in [-0.3, -0.25) is 0 Å². The van der Waals surface area contributed by atoms with Crippen molar-refractivity contribution in [2.75, 3.05) is 0 Å². The molecule has 61 valence electrons. The summed E-state index contributed by atoms with van der Waals surface area (Å²) in [4.78, 5) is 0. The van der Waals surface area contributed by atoms with E-state index in [1.54, 1.807) is 0 Å². The summed E-state index contributed by atoms with van der Waals surface area (Å²) in [6, 6.07) is 0. The van der Waals surface area contributed by atoms with Gasteiger partial charge in [0.15, 0.2) is 0 Å². The van der Waals surface area contributed by atoms with Gasteiger partial charge in [0.25, 0.3) is 0 Å². The third-order valence-electron chi connectivity index (χ3n) is 2.09. The molecule has 0 saturated heterocycles. The van der Waals surface area contributed by atoms with Crippen LogP contribution < -0.4 is 18.9 Å². The van der Waals surface area contributed by atoms with Crippen molar-refractivity contribution in [2.24, 2.45) is 0 Å². The zero-order chi connectivity index (χ0) is 7.82. The molecule has 0 spiro atoms. The summed E-state index contributed by atoms with van der Waals surface area (Å²) in [7, 11) is 0. The fourth-order valence-electron chi connectivity index (χ4n) is 1.66. The zero-order valence-corrected chi connectivity index (χ0v) is 8.82. The average Bonchev–Trinajstić information content (AvgIpc) is 1.90. The van der Waals surface area contributed by atoms with E-state index >= 15 is 0 Å². The Hall–Kier alpha value is 0.662. The first-order valence-electron chi connectivity index (χ1n) is 4.85. The van der Waals surface area contributed by atoms with Gasteiger partial charge >= 0.3 is 18.9 Å². The molecule has 0 saturated carbocycles. The minimum atomic E-state index is 0. The standard InChI is InChI=1S/C9H21B.Li/c1-4-7-10(8-5-2)9-6-3;/h4-9H2,1-3H3;/q-1;+1. The van der Waals surface area contributed by atoms with Crippen molar-refractivity contribution in [3.8, 4) is 0 Å². The van der Waals surface area contributed by atoms with Crippen molar-refractivity contribution in [2.45, 2.75) is 59.0 Å². The molecule has 0 aromatic heterocycles. The average molecular weight is 147 g/mol. The summed E-state index contributed by atoms with van der Waals surface area (Å²) >= 11 is 0. The van der Waals surface area contributed by atoms with E-state index in [-0.39, 0.29) is 18.9 Å². The summed E-state index contributed by atoms with van der Waals surface area (Å²) in [6.07, 6.45) is 8.44. The molecule has 2 heteroatoms. The van der Waals surface area contributed by atoms with Gasteiger partial charge in [0.1, 0.15) is 0 Å². The second-order valence-corrected chi connectivity index (χ2v) is 3.23. The molecule has 0 aliphatic rings. The number of hydrogen-bond donors (Lipinski definition) is 0. The molecule has 0 atom stereocenters. The molecular weight excluding hydrogens is 126 g/mol. The van der Waals surface area contributed by atoms with Crippen molar-refractivity contribution in [1.29, 1.82) is 0 Å². The van der Waals surface area contributed by atoms with E-state index in [1.807, 2.05) is 0 Å². The SMILES string of the molecule is CCC[B-](CCC)CCC.[Li+]. The fraction of sp³-hybridized carbons (Fsp3) is 1.00. The topological polar surface area (TPSA) is 0 Å². The Bertz CT molecular complexity index is 52.3. The maximum atomic E-state index is 2.29. The van der Waals surface area contributed by atoms with Crippen LogP contribution in [0.15, 0.2) is 0 Å². The van der Waals surface area contributed by atoms with E-state index in [4.69, 9.17) is 0 Å². The second-order valence-electron chi connectivity index (χ2n) is 3.23. The maximum absolute atomic E-state index is 2.29. The fourth-order valence-corrected chi connectivity index (χ4v) is 1.66. The van der Waals surface area contributed by atoms with Crippen molar-refractivity contribution >= 4 is 6.71 Å². The maximum Gasteiger partial charge on any atom is 1.00 e. The van der Waals surface area contributed by atoms with E-state index in [0.29, 0.717) is 0 Å². The van der Waals surface area contributed by atoms with Gasteiger partial charge < -0.3 is 0 Å². The van der Waals surface area contributed by atoms with Crippen LogP contribution in [-0.4, -0.2) is 6.71 Å². The quantitative estimate of drug-likeness (QED) is 0.485. The molecule has 0 unspecified atom stereocenters. The van der Waals surface area contributed by atoms with Gasteiger partial charge in [-0.1, -0.05) is 40.0 Å². The van der Waals surface area contributed by atoms with Gasteiger partial charge in [0, 0.05) is 0 Å². The largest absolute Gasteiger partial charge is 1.00 e. The molecule has 0 heterocycles. The van der Waals surface area contributed by atoms with E-state index in [1.165, 1.54) is 38.2 Å². The Morgan fingerprint density at radius 1 is 0.727 bits per heavy atom. The summed E-state index contributed by atoms with van der Waals surface area (Å²) < 4.78 is 0. The Morgan fingerprint density at radius 2 is 1.00 bits per heavy atom. The molecule has 0 rings (SSSR count). The molecule has 0 aromatic carbocycles. The van der Waals surface area contributed by atoms with Crippen LogP contribution in [-0.2, 0) is 0 Å². The number of hydrogen-bond acceptors (Lipinski definition) is 0. The van der Waals surface area contributed by atoms with Gasteiger partial charge in [0.2, 0.25) is 0 Å². The smallest absolute Gasteiger partial charge is 0.209 e. The van der Waals surface area contributed by atoms with Crippen LogP contribution >= 0.6 is 0 Å². The monoisotopic (exact) mass is 147 g/mol. The molecule has 0 bridgehead atoms. The van der Waals surface area contributed by atoms with E-state index < -0.39 is 0 Å². The predicted molar refractivity (Wildman–Crippen MR) is 51.0 cm³/mol. The third-order valence-corrected chi connectivity index (χ3v) is 2.09. The van der Waals surface area contributed by atoms with Crippen molar-refractivity contribution < 1.29 is 18.9 Å². The third kappa shape index (κ3) is 8.57. The Labute approximate surface area is 84.8 Å². The van der Waals surface area contributed by atoms with E-state index in [2.05, 4.69) is 20.8 Å². The first-order chi connectivity index (χ1) is 4.85. The van der Waals surface area contributed by atoms with Crippen LogP contribution in [0.5, 0.6) is 0 Å². The Kier molecular flexibility index (Phi) is 13.8. The van der Waals surface area contributed by atoms with Gasteiger partial charge in [-0.05, 0) is 0 Å². The molecule has 11 heavy (non-hydrogen) atoms. The minimum Gasteiger partial charge on any atom is -0.209 e. The van der Waals surface area contributed by atoms with Gasteiger partial charge in [-0.15, -0.1) is 6.71 Å². The molecule has 0 N–H and O–H groups in total. The molecule has 0 aliphatic heterocycles. The summed E-state index contributed by atoms with van der Waals surface area (Å²) in [6.45, 7) is 7.90. The van der Waals surface area contributed by atoms with Crippen molar-refractivity contribution in [3.63, 3.8) is 0 Å². The first kappa shape index (κ1) is 14.2. The minimum absolute atomic E-state index is 0. The normalized spacial score (nSPS) is 9.82. The van der Waals surface area contributed by atoms with Crippen LogP contribution in [0, 0.1) is 0 Å².